The average molecular weight is 299 g/mol. The predicted molar refractivity (Wildman–Crippen MR) is 78.3 cm³/mol. The van der Waals surface area contributed by atoms with Gasteiger partial charge in [-0.3, -0.25) is 4.79 Å². The third kappa shape index (κ3) is 4.61. The van der Waals surface area contributed by atoms with Gasteiger partial charge in [0.25, 0.3) is 5.91 Å². The van der Waals surface area contributed by atoms with E-state index in [1.165, 1.54) is 21.8 Å². The van der Waals surface area contributed by atoms with Crippen molar-refractivity contribution < 1.29 is 19.8 Å². The van der Waals surface area contributed by atoms with Crippen molar-refractivity contribution in [1.29, 1.82) is 0 Å². The number of nitrogens with one attached hydrogen (secondary N) is 1. The van der Waals surface area contributed by atoms with E-state index in [1.54, 1.807) is 0 Å². The lowest BCUT2D eigenvalue weighted by atomic mass is 10.1. The van der Waals surface area contributed by atoms with Gasteiger partial charge < -0.3 is 15.5 Å². The molecule has 0 radical (unpaired) electrons. The smallest absolute Gasteiger partial charge is 0.332 e. The molecule has 1 aromatic rings. The summed E-state index contributed by atoms with van der Waals surface area (Å²) in [7, 11) is 0. The molecule has 5 nitrogen and oxygen atoms in total. The lowest BCUT2D eigenvalue weighted by Crippen LogP contribution is -2.29. The van der Waals surface area contributed by atoms with Crippen LogP contribution in [0.1, 0.15) is 46.8 Å². The van der Waals surface area contributed by atoms with E-state index in [4.69, 9.17) is 10.2 Å². The monoisotopic (exact) mass is 299 g/mol. The summed E-state index contributed by atoms with van der Waals surface area (Å²) >= 11 is 1.49. The second kappa shape index (κ2) is 8.01. The molecule has 0 aromatic carbocycles. The first-order valence-electron chi connectivity index (χ1n) is 6.80. The quantitative estimate of drug-likeness (QED) is 0.683. The largest absolute Gasteiger partial charge is 0.479 e. The summed E-state index contributed by atoms with van der Waals surface area (Å²) in [5.41, 5.74) is 1.20. The Morgan fingerprint density at radius 3 is 2.65 bits per heavy atom. The van der Waals surface area contributed by atoms with Crippen LogP contribution in [0, 0.1) is 0 Å². The number of rotatable bonds is 8. The third-order valence-corrected chi connectivity index (χ3v) is 4.20. The number of aliphatic hydroxyl groups is 1. The van der Waals surface area contributed by atoms with Crippen molar-refractivity contribution >= 4 is 23.2 Å². The SMILES string of the molecule is CCCc1sc(C(=O)NCC[C@H](O)C(=O)O)cc1CC. The molecule has 0 fully saturated rings. The highest BCUT2D eigenvalue weighted by Gasteiger charge is 2.15. The number of hydrogen-bond acceptors (Lipinski definition) is 4. The van der Waals surface area contributed by atoms with Gasteiger partial charge in [0.1, 0.15) is 0 Å². The Bertz CT molecular complexity index is 470. The molecule has 0 aliphatic heterocycles. The van der Waals surface area contributed by atoms with Gasteiger partial charge in [-0.25, -0.2) is 4.79 Å². The number of thiophene rings is 1. The highest BCUT2D eigenvalue weighted by Crippen LogP contribution is 2.24. The summed E-state index contributed by atoms with van der Waals surface area (Å²) in [5.74, 6) is -1.47. The van der Waals surface area contributed by atoms with Crippen LogP contribution in [0.4, 0.5) is 0 Å². The van der Waals surface area contributed by atoms with Crippen molar-refractivity contribution in [3.63, 3.8) is 0 Å². The molecule has 0 spiro atoms. The number of aliphatic carboxylic acids is 1. The number of hydrogen-bond donors (Lipinski definition) is 3. The summed E-state index contributed by atoms with van der Waals surface area (Å²) < 4.78 is 0. The van der Waals surface area contributed by atoms with E-state index in [0.29, 0.717) is 4.88 Å². The zero-order chi connectivity index (χ0) is 15.1. The van der Waals surface area contributed by atoms with Crippen LogP contribution in [-0.2, 0) is 17.6 Å². The summed E-state index contributed by atoms with van der Waals surface area (Å²) in [6, 6.07) is 1.90. The fourth-order valence-corrected chi connectivity index (χ4v) is 3.12. The number of carbonyl (C=O) groups excluding carboxylic acids is 1. The molecule has 1 atom stereocenters. The second-order valence-corrected chi connectivity index (χ2v) is 5.70. The maximum atomic E-state index is 12.0. The predicted octanol–water partition coefficient (Wildman–Crippen LogP) is 1.83. The maximum Gasteiger partial charge on any atom is 0.332 e. The Balaban J connectivity index is 2.57. The molecule has 1 heterocycles. The molecule has 20 heavy (non-hydrogen) atoms. The minimum absolute atomic E-state index is 0.00883. The molecule has 1 rings (SSSR count). The Morgan fingerprint density at radius 1 is 1.40 bits per heavy atom. The zero-order valence-electron chi connectivity index (χ0n) is 11.8. The first-order chi connectivity index (χ1) is 9.49. The first kappa shape index (κ1) is 16.7. The van der Waals surface area contributed by atoms with Gasteiger partial charge in [-0.15, -0.1) is 11.3 Å². The standard InChI is InChI=1S/C14H21NO4S/c1-3-5-11-9(4-2)8-12(20-11)13(17)15-7-6-10(16)14(18)19/h8,10,16H,3-7H2,1-2H3,(H,15,17)(H,18,19)/t10-/m0/s1. The minimum Gasteiger partial charge on any atom is -0.479 e. The van der Waals surface area contributed by atoms with E-state index in [2.05, 4.69) is 19.2 Å². The number of carboxylic acids is 1. The van der Waals surface area contributed by atoms with Crippen molar-refractivity contribution in [3.05, 3.63) is 21.4 Å². The van der Waals surface area contributed by atoms with E-state index < -0.39 is 12.1 Å². The van der Waals surface area contributed by atoms with E-state index in [9.17, 15) is 9.59 Å². The summed E-state index contributed by atoms with van der Waals surface area (Å²) in [6.45, 7) is 4.31. The molecule has 0 saturated heterocycles. The van der Waals surface area contributed by atoms with Crippen molar-refractivity contribution in [2.24, 2.45) is 0 Å². The Kier molecular flexibility index (Phi) is 6.67. The lowest BCUT2D eigenvalue weighted by Gasteiger charge is -2.06. The molecule has 0 aliphatic carbocycles. The van der Waals surface area contributed by atoms with Gasteiger partial charge in [0.2, 0.25) is 0 Å². The van der Waals surface area contributed by atoms with E-state index in [-0.39, 0.29) is 18.9 Å². The molecule has 6 heteroatoms. The van der Waals surface area contributed by atoms with Crippen molar-refractivity contribution in [3.8, 4) is 0 Å². The minimum atomic E-state index is -1.43. The van der Waals surface area contributed by atoms with Gasteiger partial charge >= 0.3 is 5.97 Å². The van der Waals surface area contributed by atoms with E-state index >= 15 is 0 Å². The van der Waals surface area contributed by atoms with Crippen LogP contribution in [0.15, 0.2) is 6.07 Å². The van der Waals surface area contributed by atoms with Crippen LogP contribution in [0.5, 0.6) is 0 Å². The van der Waals surface area contributed by atoms with Gasteiger partial charge in [0.05, 0.1) is 4.88 Å². The summed E-state index contributed by atoms with van der Waals surface area (Å²) in [6.07, 6.45) is 1.49. The number of amides is 1. The molecule has 0 unspecified atom stereocenters. The molecule has 0 bridgehead atoms. The first-order valence-corrected chi connectivity index (χ1v) is 7.61. The van der Waals surface area contributed by atoms with Crippen LogP contribution in [0.25, 0.3) is 0 Å². The highest BCUT2D eigenvalue weighted by atomic mass is 32.1. The molecule has 112 valence electrons. The van der Waals surface area contributed by atoms with Crippen molar-refractivity contribution in [2.45, 2.75) is 45.6 Å². The Hall–Kier alpha value is -1.40. The average Bonchev–Trinajstić information content (AvgIpc) is 2.82. The van der Waals surface area contributed by atoms with Gasteiger partial charge in [-0.05, 0) is 24.5 Å². The van der Waals surface area contributed by atoms with E-state index in [1.807, 2.05) is 6.07 Å². The van der Waals surface area contributed by atoms with Gasteiger partial charge in [-0.2, -0.15) is 0 Å². The van der Waals surface area contributed by atoms with Gasteiger partial charge in [0, 0.05) is 17.8 Å². The lowest BCUT2D eigenvalue weighted by molar-refractivity contribution is -0.146. The maximum absolute atomic E-state index is 12.0. The number of aliphatic hydroxyl groups excluding tert-OH is 1. The van der Waals surface area contributed by atoms with Crippen molar-refractivity contribution in [2.75, 3.05) is 6.54 Å². The Morgan fingerprint density at radius 2 is 2.10 bits per heavy atom. The molecule has 0 aliphatic rings. The fraction of sp³-hybridized carbons (Fsp3) is 0.571. The molecule has 3 N–H and O–H groups in total. The highest BCUT2D eigenvalue weighted by molar-refractivity contribution is 7.14. The van der Waals surface area contributed by atoms with Crippen LogP contribution < -0.4 is 5.32 Å². The number of carbonyl (C=O) groups is 2. The molecular weight excluding hydrogens is 278 g/mol. The normalized spacial score (nSPS) is 12.2. The fourth-order valence-electron chi connectivity index (χ4n) is 1.85. The van der Waals surface area contributed by atoms with Crippen LogP contribution in [0.3, 0.4) is 0 Å². The van der Waals surface area contributed by atoms with Crippen molar-refractivity contribution in [1.82, 2.24) is 5.32 Å². The molecule has 1 aromatic heterocycles. The third-order valence-electron chi connectivity index (χ3n) is 2.97. The zero-order valence-corrected chi connectivity index (χ0v) is 12.6. The van der Waals surface area contributed by atoms with E-state index in [0.717, 1.165) is 19.3 Å². The molecule has 1 amide bonds. The van der Waals surface area contributed by atoms with Crippen LogP contribution >= 0.6 is 11.3 Å². The summed E-state index contributed by atoms with van der Waals surface area (Å²) in [4.78, 5) is 24.3. The second-order valence-electron chi connectivity index (χ2n) is 4.56. The number of aryl methyl sites for hydroxylation is 2. The number of carboxylic acid groups (broad SMARTS) is 1. The Labute approximate surface area is 122 Å². The molecular formula is C14H21NO4S. The topological polar surface area (TPSA) is 86.6 Å². The van der Waals surface area contributed by atoms with Gasteiger partial charge in [-0.1, -0.05) is 20.3 Å². The molecule has 0 saturated carbocycles. The summed E-state index contributed by atoms with van der Waals surface area (Å²) in [5, 5.41) is 20.3. The van der Waals surface area contributed by atoms with Crippen LogP contribution in [-0.4, -0.2) is 34.7 Å². The van der Waals surface area contributed by atoms with Gasteiger partial charge in [0.15, 0.2) is 6.10 Å². The van der Waals surface area contributed by atoms with Crippen LogP contribution in [0.2, 0.25) is 0 Å².